The first-order chi connectivity index (χ1) is 12.1. The van der Waals surface area contributed by atoms with Gasteiger partial charge in [-0.05, 0) is 42.7 Å². The molecule has 0 aliphatic heterocycles. The monoisotopic (exact) mass is 342 g/mol. The number of nitrogens with one attached hydrogen (secondary N) is 2. The third-order valence-electron chi connectivity index (χ3n) is 3.82. The smallest absolute Gasteiger partial charge is 0.253 e. The van der Waals surface area contributed by atoms with Gasteiger partial charge in [-0.1, -0.05) is 37.6 Å². The molecular weight excluding hydrogens is 319 g/mol. The number of benzene rings is 2. The minimum Gasteiger partial charge on any atom is -0.352 e. The molecule has 0 aliphatic carbocycles. The zero-order chi connectivity index (χ0) is 18.1. The Bertz CT molecular complexity index is 714. The number of unbranched alkanes of at least 4 members (excludes halogenated alkanes) is 1. The molecular formula is C20H23FN2O2. The number of anilines is 1. The second kappa shape index (κ2) is 9.57. The summed E-state index contributed by atoms with van der Waals surface area (Å²) in [6.45, 7) is 2.67. The molecule has 2 amide bonds. The molecule has 2 rings (SSSR count). The van der Waals surface area contributed by atoms with Crippen molar-refractivity contribution >= 4 is 17.5 Å². The van der Waals surface area contributed by atoms with Crippen LogP contribution >= 0.6 is 0 Å². The van der Waals surface area contributed by atoms with Crippen molar-refractivity contribution in [2.24, 2.45) is 0 Å². The summed E-state index contributed by atoms with van der Waals surface area (Å²) in [5.41, 5.74) is 1.84. The summed E-state index contributed by atoms with van der Waals surface area (Å²) in [7, 11) is 0. The van der Waals surface area contributed by atoms with Gasteiger partial charge in [-0.25, -0.2) is 4.39 Å². The van der Waals surface area contributed by atoms with Crippen LogP contribution in [0.5, 0.6) is 0 Å². The molecule has 2 aromatic rings. The number of para-hydroxylation sites is 1. The lowest BCUT2D eigenvalue weighted by atomic mass is 10.1. The van der Waals surface area contributed by atoms with E-state index in [0.717, 1.165) is 18.4 Å². The number of carbonyl (C=O) groups excluding carboxylic acids is 2. The maximum Gasteiger partial charge on any atom is 0.253 e. The number of hydrogen-bond acceptors (Lipinski definition) is 2. The van der Waals surface area contributed by atoms with Crippen LogP contribution in [-0.2, 0) is 11.2 Å². The fraction of sp³-hybridized carbons (Fsp3) is 0.300. The maximum atomic E-state index is 12.9. The van der Waals surface area contributed by atoms with Gasteiger partial charge in [0.2, 0.25) is 5.91 Å². The van der Waals surface area contributed by atoms with E-state index in [1.165, 1.54) is 12.1 Å². The normalized spacial score (nSPS) is 10.3. The van der Waals surface area contributed by atoms with Gasteiger partial charge in [0.1, 0.15) is 5.82 Å². The average molecular weight is 342 g/mol. The van der Waals surface area contributed by atoms with E-state index in [9.17, 15) is 14.0 Å². The number of rotatable bonds is 8. The minimum absolute atomic E-state index is 0.182. The van der Waals surface area contributed by atoms with Crippen molar-refractivity contribution in [1.29, 1.82) is 0 Å². The Morgan fingerprint density at radius 1 is 1.04 bits per heavy atom. The quantitative estimate of drug-likeness (QED) is 0.714. The van der Waals surface area contributed by atoms with Crippen LogP contribution in [0.3, 0.4) is 0 Å². The lowest BCUT2D eigenvalue weighted by Crippen LogP contribution is -2.26. The molecule has 0 aliphatic rings. The van der Waals surface area contributed by atoms with Crippen molar-refractivity contribution in [2.45, 2.75) is 32.6 Å². The molecule has 0 atom stereocenters. The van der Waals surface area contributed by atoms with E-state index in [4.69, 9.17) is 0 Å². The summed E-state index contributed by atoms with van der Waals surface area (Å²) >= 11 is 0. The van der Waals surface area contributed by atoms with E-state index in [-0.39, 0.29) is 24.1 Å². The average Bonchev–Trinajstić information content (AvgIpc) is 2.62. The standard InChI is InChI=1S/C20H23FN2O2/c1-2-3-14-22-20(25)17-6-4-5-7-18(17)23-19(24)13-10-15-8-11-16(21)12-9-15/h4-9,11-12H,2-3,10,13-14H2,1H3,(H,22,25)(H,23,24). The van der Waals surface area contributed by atoms with E-state index in [1.54, 1.807) is 36.4 Å². The van der Waals surface area contributed by atoms with Crippen LogP contribution in [0.4, 0.5) is 10.1 Å². The number of hydrogen-bond donors (Lipinski definition) is 2. The molecule has 2 N–H and O–H groups in total. The SMILES string of the molecule is CCCCNC(=O)c1ccccc1NC(=O)CCc1ccc(F)cc1. The van der Waals surface area contributed by atoms with Gasteiger partial charge in [0.05, 0.1) is 11.3 Å². The largest absolute Gasteiger partial charge is 0.352 e. The molecule has 0 heterocycles. The highest BCUT2D eigenvalue weighted by Crippen LogP contribution is 2.16. The van der Waals surface area contributed by atoms with Gasteiger partial charge < -0.3 is 10.6 Å². The Kier molecular flexibility index (Phi) is 7.14. The fourth-order valence-corrected chi connectivity index (χ4v) is 2.39. The fourth-order valence-electron chi connectivity index (χ4n) is 2.39. The van der Waals surface area contributed by atoms with Gasteiger partial charge in [-0.3, -0.25) is 9.59 Å². The number of aryl methyl sites for hydroxylation is 1. The molecule has 0 saturated carbocycles. The van der Waals surface area contributed by atoms with Gasteiger partial charge in [0.25, 0.3) is 5.91 Å². The summed E-state index contributed by atoms with van der Waals surface area (Å²) in [4.78, 5) is 24.4. The van der Waals surface area contributed by atoms with Gasteiger partial charge in [-0.2, -0.15) is 0 Å². The van der Waals surface area contributed by atoms with E-state index < -0.39 is 0 Å². The predicted octanol–water partition coefficient (Wildman–Crippen LogP) is 3.93. The topological polar surface area (TPSA) is 58.2 Å². The molecule has 0 spiro atoms. The lowest BCUT2D eigenvalue weighted by molar-refractivity contribution is -0.116. The predicted molar refractivity (Wildman–Crippen MR) is 97.0 cm³/mol. The Morgan fingerprint density at radius 3 is 2.48 bits per heavy atom. The van der Waals surface area contributed by atoms with Crippen LogP contribution in [-0.4, -0.2) is 18.4 Å². The Morgan fingerprint density at radius 2 is 1.76 bits per heavy atom. The first kappa shape index (κ1) is 18.6. The summed E-state index contributed by atoms with van der Waals surface area (Å²) < 4.78 is 12.9. The number of carbonyl (C=O) groups is 2. The van der Waals surface area contributed by atoms with Crippen molar-refractivity contribution in [2.75, 3.05) is 11.9 Å². The van der Waals surface area contributed by atoms with Crippen molar-refractivity contribution in [3.05, 3.63) is 65.5 Å². The van der Waals surface area contributed by atoms with Gasteiger partial charge >= 0.3 is 0 Å². The summed E-state index contributed by atoms with van der Waals surface area (Å²) in [5, 5.41) is 5.64. The molecule has 0 unspecified atom stereocenters. The molecule has 132 valence electrons. The highest BCUT2D eigenvalue weighted by atomic mass is 19.1. The first-order valence-corrected chi connectivity index (χ1v) is 8.51. The van der Waals surface area contributed by atoms with E-state index in [2.05, 4.69) is 17.6 Å². The molecule has 25 heavy (non-hydrogen) atoms. The third kappa shape index (κ3) is 6.03. The van der Waals surface area contributed by atoms with Crippen LogP contribution in [0.1, 0.15) is 42.1 Å². The molecule has 0 saturated heterocycles. The highest BCUT2D eigenvalue weighted by Gasteiger charge is 2.12. The van der Waals surface area contributed by atoms with E-state index in [0.29, 0.717) is 24.2 Å². The number of amides is 2. The molecule has 0 bridgehead atoms. The van der Waals surface area contributed by atoms with Gasteiger partial charge in [0.15, 0.2) is 0 Å². The van der Waals surface area contributed by atoms with E-state index >= 15 is 0 Å². The van der Waals surface area contributed by atoms with Gasteiger partial charge in [-0.15, -0.1) is 0 Å². The third-order valence-corrected chi connectivity index (χ3v) is 3.82. The summed E-state index contributed by atoms with van der Waals surface area (Å²) in [5.74, 6) is -0.669. The second-order valence-electron chi connectivity index (χ2n) is 5.83. The van der Waals surface area contributed by atoms with Crippen LogP contribution in [0.2, 0.25) is 0 Å². The lowest BCUT2D eigenvalue weighted by Gasteiger charge is -2.11. The molecule has 4 nitrogen and oxygen atoms in total. The highest BCUT2D eigenvalue weighted by molar-refractivity contribution is 6.03. The zero-order valence-corrected chi connectivity index (χ0v) is 14.3. The van der Waals surface area contributed by atoms with Crippen molar-refractivity contribution < 1.29 is 14.0 Å². The Labute approximate surface area is 147 Å². The Hall–Kier alpha value is -2.69. The Balaban J connectivity index is 1.93. The van der Waals surface area contributed by atoms with Crippen LogP contribution in [0.25, 0.3) is 0 Å². The zero-order valence-electron chi connectivity index (χ0n) is 14.3. The molecule has 5 heteroatoms. The van der Waals surface area contributed by atoms with Crippen molar-refractivity contribution in [3.63, 3.8) is 0 Å². The van der Waals surface area contributed by atoms with Crippen LogP contribution in [0, 0.1) is 5.82 Å². The maximum absolute atomic E-state index is 12.9. The molecule has 0 radical (unpaired) electrons. The van der Waals surface area contributed by atoms with Crippen LogP contribution < -0.4 is 10.6 Å². The van der Waals surface area contributed by atoms with E-state index in [1.807, 2.05) is 0 Å². The van der Waals surface area contributed by atoms with Gasteiger partial charge in [0, 0.05) is 13.0 Å². The molecule has 0 aromatic heterocycles. The summed E-state index contributed by atoms with van der Waals surface area (Å²) in [6, 6.07) is 13.0. The van der Waals surface area contributed by atoms with Crippen LogP contribution in [0.15, 0.2) is 48.5 Å². The molecule has 0 fully saturated rings. The minimum atomic E-state index is -0.295. The molecule has 2 aromatic carbocycles. The second-order valence-corrected chi connectivity index (χ2v) is 5.83. The van der Waals surface area contributed by atoms with Crippen molar-refractivity contribution in [1.82, 2.24) is 5.32 Å². The van der Waals surface area contributed by atoms with Crippen molar-refractivity contribution in [3.8, 4) is 0 Å². The number of halogens is 1. The first-order valence-electron chi connectivity index (χ1n) is 8.51. The summed E-state index contributed by atoms with van der Waals surface area (Å²) in [6.07, 6.45) is 2.69.